The number of aromatic nitrogens is 2. The van der Waals surface area contributed by atoms with Gasteiger partial charge in [-0.3, -0.25) is 29.2 Å². The van der Waals surface area contributed by atoms with Gasteiger partial charge in [0.15, 0.2) is 5.82 Å². The number of amides is 3. The molecule has 0 bridgehead atoms. The molecule has 3 aromatic carbocycles. The van der Waals surface area contributed by atoms with E-state index in [1.165, 1.54) is 11.8 Å². The highest BCUT2D eigenvalue weighted by Crippen LogP contribution is 2.38. The lowest BCUT2D eigenvalue weighted by Crippen LogP contribution is -2.52. The molecule has 5 aromatic rings. The number of hydrogen-bond acceptors (Lipinski definition) is 10. The Morgan fingerprint density at radius 1 is 0.882 bits per heavy atom. The van der Waals surface area contributed by atoms with Gasteiger partial charge in [0.2, 0.25) is 17.6 Å². The standard InChI is InChI=1S/C49H52F3N9O6S/c1-53-40-22-31(32-21-36-37(24-55-47(36)54-23-32)46(63)44-38(51)5-6-39(45(44)52)57-68(66,67)60-19-14-34(50)27-60)3-7-41(40)59-17-10-28(11-18-59)25-58-15-12-29(13-16-58)30-2-4-35-33(20-30)26-61(49(35)65)42-8-9-43(62)56-48(42)64/h2-7,20-24,28-29,34,42,53,57H,8-19,25-27H2,1H3,(H,54,55)(H,56,62,64)/t34?,42-/m0/s1. The zero-order valence-corrected chi connectivity index (χ0v) is 38.3. The summed E-state index contributed by atoms with van der Waals surface area (Å²) in [5.41, 5.74) is 4.97. The normalized spacial score (nSPS) is 21.1. The van der Waals surface area contributed by atoms with Gasteiger partial charge in [-0.2, -0.15) is 12.7 Å². The number of carbonyl (C=O) groups is 4. The lowest BCUT2D eigenvalue weighted by atomic mass is 9.87. The number of hydrogen-bond donors (Lipinski definition) is 4. The minimum Gasteiger partial charge on any atom is -0.386 e. The van der Waals surface area contributed by atoms with Gasteiger partial charge in [0.1, 0.15) is 23.7 Å². The highest BCUT2D eigenvalue weighted by Gasteiger charge is 2.40. The first kappa shape index (κ1) is 45.5. The van der Waals surface area contributed by atoms with E-state index in [4.69, 9.17) is 0 Å². The minimum atomic E-state index is -4.36. The molecule has 7 heterocycles. The van der Waals surface area contributed by atoms with Crippen LogP contribution in [-0.4, -0.2) is 121 Å². The number of fused-ring (bicyclic) bond motifs is 2. The maximum absolute atomic E-state index is 15.8. The Kier molecular flexibility index (Phi) is 12.2. The van der Waals surface area contributed by atoms with Crippen LogP contribution in [-0.2, 0) is 26.3 Å². The van der Waals surface area contributed by atoms with Crippen LogP contribution in [0.2, 0.25) is 0 Å². The summed E-state index contributed by atoms with van der Waals surface area (Å²) in [6, 6.07) is 15.0. The summed E-state index contributed by atoms with van der Waals surface area (Å²) in [5.74, 6) is -3.44. The number of benzene rings is 3. The van der Waals surface area contributed by atoms with Gasteiger partial charge in [0, 0.05) is 87.2 Å². The highest BCUT2D eigenvalue weighted by molar-refractivity contribution is 7.90. The lowest BCUT2D eigenvalue weighted by Gasteiger charge is -2.39. The molecule has 5 aliphatic rings. The molecule has 2 atom stereocenters. The summed E-state index contributed by atoms with van der Waals surface area (Å²) in [5, 5.41) is 6.04. The van der Waals surface area contributed by atoms with Gasteiger partial charge < -0.3 is 25.0 Å². The summed E-state index contributed by atoms with van der Waals surface area (Å²) in [6.07, 6.45) is 6.36. The van der Waals surface area contributed by atoms with Gasteiger partial charge >= 0.3 is 10.2 Å². The minimum absolute atomic E-state index is 0.000972. The van der Waals surface area contributed by atoms with Crippen LogP contribution < -0.4 is 20.3 Å². The van der Waals surface area contributed by atoms with Crippen molar-refractivity contribution in [2.24, 2.45) is 5.92 Å². The van der Waals surface area contributed by atoms with Gasteiger partial charge in [-0.25, -0.2) is 18.2 Å². The van der Waals surface area contributed by atoms with Crippen LogP contribution in [0, 0.1) is 17.6 Å². The molecule has 0 saturated carbocycles. The number of nitrogens with one attached hydrogen (secondary N) is 4. The van der Waals surface area contributed by atoms with Gasteiger partial charge in [0.05, 0.1) is 22.6 Å². The molecule has 4 saturated heterocycles. The van der Waals surface area contributed by atoms with Crippen LogP contribution in [0.1, 0.15) is 88.3 Å². The van der Waals surface area contributed by atoms with Crippen molar-refractivity contribution in [2.75, 3.05) is 67.8 Å². The van der Waals surface area contributed by atoms with Gasteiger partial charge in [-0.05, 0) is 117 Å². The Morgan fingerprint density at radius 3 is 2.41 bits per heavy atom. The summed E-state index contributed by atoms with van der Waals surface area (Å²) >= 11 is 0. The molecule has 19 heteroatoms. The molecule has 2 aromatic heterocycles. The summed E-state index contributed by atoms with van der Waals surface area (Å²) in [6.45, 7) is 4.73. The molecular weight excluding hydrogens is 900 g/mol. The lowest BCUT2D eigenvalue weighted by molar-refractivity contribution is -0.136. The smallest absolute Gasteiger partial charge is 0.301 e. The number of alkyl halides is 1. The number of ketones is 1. The molecule has 68 heavy (non-hydrogen) atoms. The van der Waals surface area contributed by atoms with Crippen LogP contribution in [0.3, 0.4) is 0 Å². The first-order valence-corrected chi connectivity index (χ1v) is 24.7. The molecule has 1 unspecified atom stereocenters. The van der Waals surface area contributed by atoms with E-state index in [1.807, 2.05) is 30.0 Å². The molecule has 0 spiro atoms. The Hall–Kier alpha value is -6.31. The number of likely N-dealkylation sites (tertiary alicyclic amines) is 1. The van der Waals surface area contributed by atoms with Crippen molar-refractivity contribution in [3.63, 3.8) is 0 Å². The number of H-pyrrole nitrogens is 1. The van der Waals surface area contributed by atoms with E-state index in [-0.39, 0.29) is 43.3 Å². The third kappa shape index (κ3) is 8.70. The highest BCUT2D eigenvalue weighted by atomic mass is 32.2. The van der Waals surface area contributed by atoms with Crippen LogP contribution in [0.5, 0.6) is 0 Å². The van der Waals surface area contributed by atoms with Crippen LogP contribution in [0.4, 0.5) is 30.2 Å². The maximum atomic E-state index is 15.8. The number of pyridine rings is 1. The fourth-order valence-corrected chi connectivity index (χ4v) is 11.9. The predicted molar refractivity (Wildman–Crippen MR) is 250 cm³/mol. The molecule has 15 nitrogen and oxygen atoms in total. The van der Waals surface area contributed by atoms with Gasteiger partial charge in [-0.15, -0.1) is 0 Å². The number of carbonyl (C=O) groups excluding carboxylic acids is 4. The average Bonchev–Trinajstić information content (AvgIpc) is 4.07. The third-order valence-corrected chi connectivity index (χ3v) is 15.9. The van der Waals surface area contributed by atoms with E-state index in [0.29, 0.717) is 47.0 Å². The second-order valence-electron chi connectivity index (χ2n) is 18.6. The van der Waals surface area contributed by atoms with Crippen molar-refractivity contribution >= 4 is 61.8 Å². The van der Waals surface area contributed by atoms with E-state index in [2.05, 4.69) is 48.6 Å². The Bertz CT molecular complexity index is 2950. The van der Waals surface area contributed by atoms with E-state index < -0.39 is 57.0 Å². The summed E-state index contributed by atoms with van der Waals surface area (Å²) < 4.78 is 73.4. The number of piperidine rings is 3. The number of rotatable bonds is 12. The largest absolute Gasteiger partial charge is 0.386 e. The van der Waals surface area contributed by atoms with Gasteiger partial charge in [-0.1, -0.05) is 18.2 Å². The molecule has 3 amide bonds. The fourth-order valence-electron chi connectivity index (χ4n) is 10.6. The fraction of sp³-hybridized carbons (Fsp3) is 0.408. The zero-order valence-electron chi connectivity index (χ0n) is 37.5. The first-order valence-electron chi connectivity index (χ1n) is 23.2. The van der Waals surface area contributed by atoms with Crippen molar-refractivity contribution in [2.45, 2.75) is 69.6 Å². The van der Waals surface area contributed by atoms with Crippen molar-refractivity contribution in [3.05, 3.63) is 106 Å². The SMILES string of the molecule is CNc1cc(-c2cnc3[nH]cc(C(=O)c4c(F)ccc(NS(=O)(=O)N5CCC(F)C5)c4F)c3c2)ccc1N1CCC(CN2CCC(c3ccc4c(c3)CN([C@H]3CCC(=O)NC3=O)C4=O)CC2)CC1. The number of halogens is 3. The van der Waals surface area contributed by atoms with E-state index >= 15 is 8.78 Å². The van der Waals surface area contributed by atoms with E-state index in [0.717, 1.165) is 97.3 Å². The Morgan fingerprint density at radius 2 is 1.68 bits per heavy atom. The summed E-state index contributed by atoms with van der Waals surface area (Å²) in [7, 11) is -2.50. The predicted octanol–water partition coefficient (Wildman–Crippen LogP) is 6.34. The Balaban J connectivity index is 0.754. The van der Waals surface area contributed by atoms with Gasteiger partial charge in [0.25, 0.3) is 5.91 Å². The molecule has 0 aliphatic carbocycles. The molecule has 10 rings (SSSR count). The second kappa shape index (κ2) is 18.3. The van der Waals surface area contributed by atoms with Crippen molar-refractivity contribution in [1.29, 1.82) is 0 Å². The molecular formula is C49H52F3N9O6S. The van der Waals surface area contributed by atoms with Crippen LogP contribution in [0.25, 0.3) is 22.2 Å². The first-order chi connectivity index (χ1) is 32.7. The van der Waals surface area contributed by atoms with Crippen molar-refractivity contribution in [1.82, 2.24) is 29.4 Å². The monoisotopic (exact) mass is 951 g/mol. The van der Waals surface area contributed by atoms with Crippen LogP contribution >= 0.6 is 0 Å². The number of imide groups is 1. The molecule has 4 N–H and O–H groups in total. The number of nitrogens with zero attached hydrogens (tertiary/aromatic N) is 5. The molecule has 4 fully saturated rings. The molecule has 5 aliphatic heterocycles. The topological polar surface area (TPSA) is 180 Å². The average molecular weight is 952 g/mol. The second-order valence-corrected chi connectivity index (χ2v) is 20.3. The summed E-state index contributed by atoms with van der Waals surface area (Å²) in [4.78, 5) is 65.2. The number of anilines is 3. The third-order valence-electron chi connectivity index (χ3n) is 14.4. The molecule has 356 valence electrons. The van der Waals surface area contributed by atoms with E-state index in [9.17, 15) is 32.0 Å². The van der Waals surface area contributed by atoms with E-state index in [1.54, 1.807) is 17.2 Å². The quantitative estimate of drug-likeness (QED) is 0.0815. The molecule has 0 radical (unpaired) electrons. The van der Waals surface area contributed by atoms with Crippen molar-refractivity contribution < 1.29 is 40.8 Å². The number of aromatic amines is 1. The van der Waals surface area contributed by atoms with Crippen molar-refractivity contribution in [3.8, 4) is 11.1 Å². The zero-order chi connectivity index (χ0) is 47.4. The Labute approximate surface area is 391 Å². The van der Waals surface area contributed by atoms with Crippen LogP contribution in [0.15, 0.2) is 67.0 Å². The maximum Gasteiger partial charge on any atom is 0.301 e.